The third-order valence-corrected chi connectivity index (χ3v) is 3.90. The van der Waals surface area contributed by atoms with Crippen LogP contribution >= 0.6 is 0 Å². The molecule has 0 spiro atoms. The predicted molar refractivity (Wildman–Crippen MR) is 85.1 cm³/mol. The number of carbonyl (C=O) groups is 3. The second-order valence-electron chi connectivity index (χ2n) is 5.37. The SMILES string of the molecule is CCOC(=O)[C@H]1C(=O)C=C(O)[C@H](C(=O)OCC)[C@H]1c1ccccc1. The number of ether oxygens (including phenoxy) is 2. The zero-order chi connectivity index (χ0) is 17.7. The van der Waals surface area contributed by atoms with Crippen molar-refractivity contribution in [2.24, 2.45) is 11.8 Å². The second-order valence-corrected chi connectivity index (χ2v) is 5.37. The highest BCUT2D eigenvalue weighted by Gasteiger charge is 2.49. The van der Waals surface area contributed by atoms with E-state index in [0.29, 0.717) is 5.56 Å². The maximum absolute atomic E-state index is 12.3. The summed E-state index contributed by atoms with van der Waals surface area (Å²) in [4.78, 5) is 37.0. The number of allylic oxidation sites excluding steroid dienone is 1. The van der Waals surface area contributed by atoms with E-state index in [1.807, 2.05) is 0 Å². The monoisotopic (exact) mass is 332 g/mol. The van der Waals surface area contributed by atoms with Crippen LogP contribution in [0.2, 0.25) is 0 Å². The van der Waals surface area contributed by atoms with Crippen LogP contribution in [0.15, 0.2) is 42.2 Å². The fraction of sp³-hybridized carbons (Fsp3) is 0.389. The van der Waals surface area contributed by atoms with Gasteiger partial charge in [0.15, 0.2) is 5.78 Å². The molecule has 0 aromatic heterocycles. The molecule has 1 N–H and O–H groups in total. The van der Waals surface area contributed by atoms with Gasteiger partial charge in [-0.3, -0.25) is 14.4 Å². The average Bonchev–Trinajstić information content (AvgIpc) is 2.55. The Morgan fingerprint density at radius 2 is 1.54 bits per heavy atom. The molecule has 0 amide bonds. The molecule has 1 aromatic rings. The first-order chi connectivity index (χ1) is 11.5. The summed E-state index contributed by atoms with van der Waals surface area (Å²) in [5.74, 6) is -5.57. The van der Waals surface area contributed by atoms with Gasteiger partial charge in [0, 0.05) is 12.0 Å². The minimum Gasteiger partial charge on any atom is -0.511 e. The van der Waals surface area contributed by atoms with Crippen molar-refractivity contribution in [3.8, 4) is 0 Å². The summed E-state index contributed by atoms with van der Waals surface area (Å²) >= 11 is 0. The molecule has 0 fully saturated rings. The van der Waals surface area contributed by atoms with Crippen molar-refractivity contribution in [2.45, 2.75) is 19.8 Å². The third kappa shape index (κ3) is 3.48. The first-order valence-corrected chi connectivity index (χ1v) is 7.83. The third-order valence-electron chi connectivity index (χ3n) is 3.90. The van der Waals surface area contributed by atoms with E-state index in [-0.39, 0.29) is 13.2 Å². The van der Waals surface area contributed by atoms with Crippen LogP contribution < -0.4 is 0 Å². The molecule has 0 unspecified atom stereocenters. The van der Waals surface area contributed by atoms with Crippen LogP contribution in [-0.2, 0) is 23.9 Å². The van der Waals surface area contributed by atoms with Crippen LogP contribution in [0.4, 0.5) is 0 Å². The standard InChI is InChI=1S/C18H20O6/c1-3-23-17(21)15-12(19)10-13(20)16(18(22)24-4-2)14(15)11-8-6-5-7-9-11/h5-10,14-16,19H,3-4H2,1-2H3/t14-,15+,16+/m1/s1. The van der Waals surface area contributed by atoms with E-state index in [1.54, 1.807) is 44.2 Å². The molecular weight excluding hydrogens is 312 g/mol. The highest BCUT2D eigenvalue weighted by atomic mass is 16.5. The molecule has 0 heterocycles. The Morgan fingerprint density at radius 3 is 2.08 bits per heavy atom. The minimum absolute atomic E-state index is 0.115. The van der Waals surface area contributed by atoms with Crippen molar-refractivity contribution < 1.29 is 29.0 Å². The van der Waals surface area contributed by atoms with Crippen molar-refractivity contribution >= 4 is 17.7 Å². The number of aliphatic hydroxyl groups excluding tert-OH is 1. The highest BCUT2D eigenvalue weighted by Crippen LogP contribution is 2.41. The normalized spacial score (nSPS) is 23.3. The van der Waals surface area contributed by atoms with E-state index >= 15 is 0 Å². The molecule has 0 saturated heterocycles. The van der Waals surface area contributed by atoms with Crippen molar-refractivity contribution in [3.63, 3.8) is 0 Å². The smallest absolute Gasteiger partial charge is 0.317 e. The van der Waals surface area contributed by atoms with E-state index in [9.17, 15) is 19.5 Å². The summed E-state index contributed by atoms with van der Waals surface area (Å²) in [6.45, 7) is 3.53. The lowest BCUT2D eigenvalue weighted by atomic mass is 9.70. The van der Waals surface area contributed by atoms with Gasteiger partial charge in [0.2, 0.25) is 0 Å². The van der Waals surface area contributed by atoms with Crippen LogP contribution in [0.25, 0.3) is 0 Å². The van der Waals surface area contributed by atoms with Gasteiger partial charge in [0.1, 0.15) is 17.6 Å². The van der Waals surface area contributed by atoms with E-state index in [1.165, 1.54) is 0 Å². The van der Waals surface area contributed by atoms with Gasteiger partial charge in [-0.1, -0.05) is 30.3 Å². The highest BCUT2D eigenvalue weighted by molar-refractivity contribution is 6.08. The molecule has 24 heavy (non-hydrogen) atoms. The van der Waals surface area contributed by atoms with E-state index in [0.717, 1.165) is 6.08 Å². The molecule has 0 saturated carbocycles. The summed E-state index contributed by atoms with van der Waals surface area (Å²) in [7, 11) is 0. The molecule has 1 aromatic carbocycles. The number of aliphatic hydroxyl groups is 1. The summed E-state index contributed by atoms with van der Waals surface area (Å²) in [5, 5.41) is 10.2. The van der Waals surface area contributed by atoms with Gasteiger partial charge < -0.3 is 14.6 Å². The van der Waals surface area contributed by atoms with Gasteiger partial charge in [0.25, 0.3) is 0 Å². The van der Waals surface area contributed by atoms with Crippen molar-refractivity contribution in [2.75, 3.05) is 13.2 Å². The number of carbonyl (C=O) groups excluding carboxylic acids is 3. The number of ketones is 1. The molecule has 128 valence electrons. The Balaban J connectivity index is 2.54. The number of hydrogen-bond acceptors (Lipinski definition) is 6. The fourth-order valence-corrected chi connectivity index (χ4v) is 2.93. The van der Waals surface area contributed by atoms with Gasteiger partial charge in [0.05, 0.1) is 13.2 Å². The molecular formula is C18H20O6. The lowest BCUT2D eigenvalue weighted by Crippen LogP contribution is -2.42. The zero-order valence-corrected chi connectivity index (χ0v) is 13.6. The molecule has 3 atom stereocenters. The summed E-state index contributed by atoms with van der Waals surface area (Å²) in [6.07, 6.45) is 0.919. The summed E-state index contributed by atoms with van der Waals surface area (Å²) in [5.41, 5.74) is 0.585. The van der Waals surface area contributed by atoms with Crippen LogP contribution in [0, 0.1) is 11.8 Å². The summed E-state index contributed by atoms with van der Waals surface area (Å²) < 4.78 is 10.0. The summed E-state index contributed by atoms with van der Waals surface area (Å²) in [6, 6.07) is 8.66. The predicted octanol–water partition coefficient (Wildman–Crippen LogP) is 2.15. The maximum atomic E-state index is 12.3. The molecule has 6 nitrogen and oxygen atoms in total. The first kappa shape index (κ1) is 17.7. The second kappa shape index (κ2) is 7.77. The number of rotatable bonds is 5. The van der Waals surface area contributed by atoms with Gasteiger partial charge in [-0.2, -0.15) is 0 Å². The molecule has 0 aliphatic heterocycles. The maximum Gasteiger partial charge on any atom is 0.317 e. The Bertz CT molecular complexity index is 649. The van der Waals surface area contributed by atoms with E-state index in [4.69, 9.17) is 9.47 Å². The zero-order valence-electron chi connectivity index (χ0n) is 13.6. The van der Waals surface area contributed by atoms with Gasteiger partial charge in [-0.25, -0.2) is 0 Å². The lowest BCUT2D eigenvalue weighted by Gasteiger charge is -2.33. The van der Waals surface area contributed by atoms with Crippen LogP contribution in [0.3, 0.4) is 0 Å². The average molecular weight is 332 g/mol. The Hall–Kier alpha value is -2.63. The Labute approximate surface area is 140 Å². The van der Waals surface area contributed by atoms with E-state index < -0.39 is 41.2 Å². The molecule has 0 bridgehead atoms. The Kier molecular flexibility index (Phi) is 5.73. The number of hydrogen-bond donors (Lipinski definition) is 1. The molecule has 2 rings (SSSR count). The molecule has 0 radical (unpaired) electrons. The van der Waals surface area contributed by atoms with E-state index in [2.05, 4.69) is 0 Å². The van der Waals surface area contributed by atoms with Crippen molar-refractivity contribution in [3.05, 3.63) is 47.7 Å². The van der Waals surface area contributed by atoms with Crippen LogP contribution in [0.1, 0.15) is 25.3 Å². The quantitative estimate of drug-likeness (QED) is 0.656. The van der Waals surface area contributed by atoms with Gasteiger partial charge in [-0.15, -0.1) is 0 Å². The van der Waals surface area contributed by atoms with Crippen molar-refractivity contribution in [1.29, 1.82) is 0 Å². The van der Waals surface area contributed by atoms with Crippen LogP contribution in [-0.4, -0.2) is 36.0 Å². The fourth-order valence-electron chi connectivity index (χ4n) is 2.93. The Morgan fingerprint density at radius 1 is 1.00 bits per heavy atom. The number of esters is 2. The van der Waals surface area contributed by atoms with Crippen LogP contribution in [0.5, 0.6) is 0 Å². The van der Waals surface area contributed by atoms with Gasteiger partial charge in [-0.05, 0) is 19.4 Å². The van der Waals surface area contributed by atoms with Crippen molar-refractivity contribution in [1.82, 2.24) is 0 Å². The topological polar surface area (TPSA) is 89.9 Å². The number of benzene rings is 1. The largest absolute Gasteiger partial charge is 0.511 e. The molecule has 1 aliphatic carbocycles. The van der Waals surface area contributed by atoms with Gasteiger partial charge >= 0.3 is 11.9 Å². The molecule has 6 heteroatoms. The molecule has 1 aliphatic rings. The first-order valence-electron chi connectivity index (χ1n) is 7.83. The minimum atomic E-state index is -1.20. The lowest BCUT2D eigenvalue weighted by molar-refractivity contribution is -0.156.